The molecule has 0 aromatic heterocycles. The highest BCUT2D eigenvalue weighted by Gasteiger charge is 2.17. The van der Waals surface area contributed by atoms with Gasteiger partial charge in [0.1, 0.15) is 6.04 Å². The van der Waals surface area contributed by atoms with Crippen molar-refractivity contribution in [2.24, 2.45) is 17.4 Å². The number of carbonyl (C=O) groups excluding carboxylic acids is 3. The smallest absolute Gasteiger partial charge is 0.240 e. The van der Waals surface area contributed by atoms with Gasteiger partial charge >= 0.3 is 0 Å². The van der Waals surface area contributed by atoms with E-state index < -0.39 is 17.9 Å². The first-order valence-corrected chi connectivity index (χ1v) is 7.23. The van der Waals surface area contributed by atoms with Gasteiger partial charge in [0.05, 0.1) is 6.54 Å². The molecule has 0 aromatic rings. The maximum absolute atomic E-state index is 11.3. The third-order valence-corrected chi connectivity index (χ3v) is 2.12. The summed E-state index contributed by atoms with van der Waals surface area (Å²) < 4.78 is 0. The Kier molecular flexibility index (Phi) is 13.8. The topological polar surface area (TPSA) is 127 Å². The molecule has 0 spiro atoms. The molecule has 0 fully saturated rings. The van der Waals surface area contributed by atoms with E-state index in [0.717, 1.165) is 12.3 Å². The maximum Gasteiger partial charge on any atom is 0.240 e. The Labute approximate surface area is 127 Å². The fraction of sp³-hybridized carbons (Fsp3) is 0.786. The van der Waals surface area contributed by atoms with E-state index in [4.69, 9.17) is 11.5 Å². The Hall–Kier alpha value is -1.63. The number of amides is 3. The molecule has 1 atom stereocenters. The summed E-state index contributed by atoms with van der Waals surface area (Å²) in [5, 5.41) is 4.80. The van der Waals surface area contributed by atoms with E-state index in [1.165, 1.54) is 6.92 Å². The van der Waals surface area contributed by atoms with Crippen LogP contribution in [0.25, 0.3) is 0 Å². The molecule has 0 aliphatic rings. The van der Waals surface area contributed by atoms with Crippen LogP contribution in [0.5, 0.6) is 0 Å². The fourth-order valence-electron chi connectivity index (χ4n) is 1.23. The van der Waals surface area contributed by atoms with Crippen molar-refractivity contribution in [1.82, 2.24) is 10.6 Å². The molecule has 21 heavy (non-hydrogen) atoms. The second-order valence-electron chi connectivity index (χ2n) is 5.45. The van der Waals surface area contributed by atoms with Crippen molar-refractivity contribution in [3.8, 4) is 0 Å². The quantitative estimate of drug-likeness (QED) is 0.466. The maximum atomic E-state index is 11.3. The van der Waals surface area contributed by atoms with Gasteiger partial charge in [-0.1, -0.05) is 20.8 Å². The lowest BCUT2D eigenvalue weighted by Gasteiger charge is -2.15. The average Bonchev–Trinajstić information content (AvgIpc) is 2.34. The highest BCUT2D eigenvalue weighted by atomic mass is 16.2. The molecule has 1 unspecified atom stereocenters. The van der Waals surface area contributed by atoms with Crippen LogP contribution in [0.2, 0.25) is 0 Å². The van der Waals surface area contributed by atoms with E-state index in [2.05, 4.69) is 31.4 Å². The van der Waals surface area contributed by atoms with Crippen molar-refractivity contribution in [1.29, 1.82) is 0 Å². The van der Waals surface area contributed by atoms with Gasteiger partial charge in [0, 0.05) is 6.92 Å². The normalized spacial score (nSPS) is 11.1. The van der Waals surface area contributed by atoms with Crippen molar-refractivity contribution in [3.05, 3.63) is 0 Å². The second-order valence-corrected chi connectivity index (χ2v) is 5.45. The molecule has 0 saturated carbocycles. The molecule has 0 aliphatic heterocycles. The van der Waals surface area contributed by atoms with Crippen LogP contribution in [0.3, 0.4) is 0 Å². The molecule has 7 nitrogen and oxygen atoms in total. The highest BCUT2D eigenvalue weighted by molar-refractivity contribution is 5.89. The number of hydrogen-bond donors (Lipinski definition) is 4. The number of carbonyl (C=O) groups is 3. The van der Waals surface area contributed by atoms with Gasteiger partial charge in [-0.15, -0.1) is 0 Å². The van der Waals surface area contributed by atoms with Crippen LogP contribution in [0.1, 0.15) is 47.0 Å². The van der Waals surface area contributed by atoms with Gasteiger partial charge in [-0.05, 0) is 31.7 Å². The van der Waals surface area contributed by atoms with Crippen LogP contribution < -0.4 is 22.1 Å². The first kappa shape index (κ1) is 21.7. The molecule has 0 aliphatic carbocycles. The summed E-state index contributed by atoms with van der Waals surface area (Å²) in [7, 11) is 0. The second kappa shape index (κ2) is 13.4. The lowest BCUT2D eigenvalue weighted by atomic mass is 10.1. The lowest BCUT2D eigenvalue weighted by Crippen LogP contribution is -2.47. The number of unbranched alkanes of at least 4 members (excludes halogenated alkanes) is 1. The van der Waals surface area contributed by atoms with E-state index in [9.17, 15) is 14.4 Å². The van der Waals surface area contributed by atoms with Gasteiger partial charge in [0.15, 0.2) is 0 Å². The van der Waals surface area contributed by atoms with Crippen LogP contribution in [-0.2, 0) is 14.4 Å². The minimum absolute atomic E-state index is 0.157. The monoisotopic (exact) mass is 302 g/mol. The van der Waals surface area contributed by atoms with Gasteiger partial charge in [-0.25, -0.2) is 0 Å². The summed E-state index contributed by atoms with van der Waals surface area (Å²) in [6, 6.07) is -0.706. The molecule has 124 valence electrons. The zero-order valence-electron chi connectivity index (χ0n) is 13.6. The Morgan fingerprint density at radius 3 is 2.00 bits per heavy atom. The zero-order chi connectivity index (χ0) is 16.8. The largest absolute Gasteiger partial charge is 0.368 e. The van der Waals surface area contributed by atoms with Crippen LogP contribution in [-0.4, -0.2) is 36.9 Å². The Balaban J connectivity index is 0. The Morgan fingerprint density at radius 2 is 1.62 bits per heavy atom. The lowest BCUT2D eigenvalue weighted by molar-refractivity contribution is -0.128. The molecule has 0 heterocycles. The first-order valence-electron chi connectivity index (χ1n) is 7.23. The molecule has 3 amide bonds. The average molecular weight is 302 g/mol. The molecule has 6 N–H and O–H groups in total. The summed E-state index contributed by atoms with van der Waals surface area (Å²) in [5.41, 5.74) is 10.5. The molecular weight excluding hydrogens is 272 g/mol. The number of primary amides is 1. The Bertz CT molecular complexity index is 317. The third kappa shape index (κ3) is 18.4. The van der Waals surface area contributed by atoms with Crippen molar-refractivity contribution in [2.45, 2.75) is 53.0 Å². The zero-order valence-corrected chi connectivity index (χ0v) is 13.6. The number of nitrogens with one attached hydrogen (secondary N) is 2. The van der Waals surface area contributed by atoms with Gasteiger partial charge in [0.2, 0.25) is 17.7 Å². The first-order chi connectivity index (χ1) is 9.70. The number of nitrogens with two attached hydrogens (primary N) is 2. The molecule has 0 rings (SSSR count). The predicted octanol–water partition coefficient (Wildman–Crippen LogP) is -0.116. The summed E-state index contributed by atoms with van der Waals surface area (Å²) in [4.78, 5) is 33.0. The van der Waals surface area contributed by atoms with Crippen LogP contribution in [0.15, 0.2) is 0 Å². The van der Waals surface area contributed by atoms with Crippen LogP contribution in [0, 0.1) is 5.92 Å². The van der Waals surface area contributed by atoms with E-state index >= 15 is 0 Å². The van der Waals surface area contributed by atoms with Crippen molar-refractivity contribution in [2.75, 3.05) is 13.1 Å². The van der Waals surface area contributed by atoms with Gasteiger partial charge in [-0.3, -0.25) is 14.4 Å². The van der Waals surface area contributed by atoms with E-state index in [1.807, 2.05) is 0 Å². The van der Waals surface area contributed by atoms with Crippen LogP contribution in [0.4, 0.5) is 0 Å². The fourth-order valence-corrected chi connectivity index (χ4v) is 1.23. The summed E-state index contributed by atoms with van der Waals surface area (Å²) in [6.07, 6.45) is 1.94. The van der Waals surface area contributed by atoms with Gasteiger partial charge < -0.3 is 22.1 Å². The van der Waals surface area contributed by atoms with Crippen molar-refractivity contribution < 1.29 is 14.4 Å². The molecule has 0 bridgehead atoms. The SMILES string of the molecule is CC(=O)NCC(=O)NC(CCCCN)C(N)=O.CC(C)C. The van der Waals surface area contributed by atoms with Gasteiger partial charge in [-0.2, -0.15) is 0 Å². The predicted molar refractivity (Wildman–Crippen MR) is 83.2 cm³/mol. The van der Waals surface area contributed by atoms with Crippen LogP contribution >= 0.6 is 0 Å². The summed E-state index contributed by atoms with van der Waals surface area (Å²) in [6.45, 7) is 8.18. The summed E-state index contributed by atoms with van der Waals surface area (Å²) in [5.74, 6) is -0.492. The molecule has 0 radical (unpaired) electrons. The van der Waals surface area contributed by atoms with Crippen molar-refractivity contribution in [3.63, 3.8) is 0 Å². The van der Waals surface area contributed by atoms with Gasteiger partial charge in [0.25, 0.3) is 0 Å². The van der Waals surface area contributed by atoms with Crippen molar-refractivity contribution >= 4 is 17.7 Å². The van der Waals surface area contributed by atoms with E-state index in [-0.39, 0.29) is 12.5 Å². The van der Waals surface area contributed by atoms with E-state index in [1.54, 1.807) is 0 Å². The number of hydrogen-bond acceptors (Lipinski definition) is 4. The Morgan fingerprint density at radius 1 is 1.10 bits per heavy atom. The van der Waals surface area contributed by atoms with E-state index in [0.29, 0.717) is 19.4 Å². The minimum Gasteiger partial charge on any atom is -0.368 e. The molecule has 0 aromatic carbocycles. The molecule has 0 saturated heterocycles. The molecular formula is C14H30N4O3. The standard InChI is InChI=1S/C10H20N4O3.C4H10/c1-7(15)13-6-9(16)14-8(10(12)17)4-2-3-5-11;1-4(2)3/h8H,2-6,11H2,1H3,(H2,12,17)(H,13,15)(H,14,16);4H,1-3H3. The third-order valence-electron chi connectivity index (χ3n) is 2.12. The highest BCUT2D eigenvalue weighted by Crippen LogP contribution is 1.99. The summed E-state index contributed by atoms with van der Waals surface area (Å²) >= 11 is 0. The molecule has 7 heteroatoms. The number of rotatable bonds is 8. The minimum atomic E-state index is -0.706.